The Morgan fingerprint density at radius 3 is 2.45 bits per heavy atom. The molecule has 0 aliphatic carbocycles. The van der Waals surface area contributed by atoms with Crippen molar-refractivity contribution in [3.05, 3.63) is 59.2 Å². The van der Waals surface area contributed by atoms with Gasteiger partial charge < -0.3 is 10.5 Å². The first kappa shape index (κ1) is 14.1. The van der Waals surface area contributed by atoms with E-state index in [9.17, 15) is 4.79 Å². The maximum atomic E-state index is 12.0. The monoisotopic (exact) mass is 269 g/mol. The number of ether oxygens (including phenoxy) is 1. The highest BCUT2D eigenvalue weighted by atomic mass is 16.5. The topological polar surface area (TPSA) is 52.3 Å². The number of anilines is 1. The number of hydrogen-bond acceptors (Lipinski definition) is 3. The summed E-state index contributed by atoms with van der Waals surface area (Å²) in [5, 5.41) is 0. The lowest BCUT2D eigenvalue weighted by atomic mass is 10.1. The number of aryl methyl sites for hydroxylation is 2. The predicted molar refractivity (Wildman–Crippen MR) is 81.2 cm³/mol. The molecule has 2 N–H and O–H groups in total. The van der Waals surface area contributed by atoms with Crippen molar-refractivity contribution < 1.29 is 9.53 Å². The average Bonchev–Trinajstić information content (AvgIpc) is 2.46. The van der Waals surface area contributed by atoms with E-state index in [2.05, 4.69) is 6.92 Å². The van der Waals surface area contributed by atoms with Gasteiger partial charge in [-0.1, -0.05) is 37.3 Å². The summed E-state index contributed by atoms with van der Waals surface area (Å²) >= 11 is 0. The fourth-order valence-electron chi connectivity index (χ4n) is 1.95. The smallest absolute Gasteiger partial charge is 0.200 e. The molecule has 0 spiro atoms. The van der Waals surface area contributed by atoms with Crippen molar-refractivity contribution in [3.63, 3.8) is 0 Å². The molecule has 0 amide bonds. The largest absolute Gasteiger partial charge is 0.483 e. The van der Waals surface area contributed by atoms with E-state index in [1.54, 1.807) is 6.07 Å². The lowest BCUT2D eigenvalue weighted by molar-refractivity contribution is 0.0922. The highest BCUT2D eigenvalue weighted by Crippen LogP contribution is 2.22. The molecule has 20 heavy (non-hydrogen) atoms. The summed E-state index contributed by atoms with van der Waals surface area (Å²) in [6.45, 7) is 4.04. The Bertz CT molecular complexity index is 603. The van der Waals surface area contributed by atoms with Crippen molar-refractivity contribution in [1.82, 2.24) is 0 Å². The molecule has 0 fully saturated rings. The minimum atomic E-state index is -0.0485. The van der Waals surface area contributed by atoms with E-state index in [1.165, 1.54) is 5.56 Å². The van der Waals surface area contributed by atoms with Gasteiger partial charge in [0.2, 0.25) is 0 Å². The fourth-order valence-corrected chi connectivity index (χ4v) is 1.95. The zero-order chi connectivity index (χ0) is 14.5. The van der Waals surface area contributed by atoms with Crippen molar-refractivity contribution in [1.29, 1.82) is 0 Å². The minimum absolute atomic E-state index is 0.00126. The highest BCUT2D eigenvalue weighted by Gasteiger charge is 2.08. The quantitative estimate of drug-likeness (QED) is 0.668. The summed E-state index contributed by atoms with van der Waals surface area (Å²) in [6.07, 6.45) is 0.963. The number of carbonyl (C=O) groups excluding carboxylic acids is 1. The van der Waals surface area contributed by atoms with Crippen LogP contribution >= 0.6 is 0 Å². The van der Waals surface area contributed by atoms with Crippen LogP contribution in [-0.4, -0.2) is 12.4 Å². The Morgan fingerprint density at radius 1 is 1.15 bits per heavy atom. The minimum Gasteiger partial charge on any atom is -0.483 e. The van der Waals surface area contributed by atoms with Crippen molar-refractivity contribution in [2.24, 2.45) is 0 Å². The Kier molecular flexibility index (Phi) is 4.41. The molecule has 0 saturated heterocycles. The van der Waals surface area contributed by atoms with Crippen molar-refractivity contribution in [2.75, 3.05) is 12.3 Å². The summed E-state index contributed by atoms with van der Waals surface area (Å²) in [5.74, 6) is 0.502. The van der Waals surface area contributed by atoms with Gasteiger partial charge in [0.25, 0.3) is 0 Å². The number of nitrogens with two attached hydrogens (primary N) is 1. The average molecular weight is 269 g/mol. The van der Waals surface area contributed by atoms with E-state index >= 15 is 0 Å². The fraction of sp³-hybridized carbons (Fsp3) is 0.235. The Hall–Kier alpha value is -2.29. The van der Waals surface area contributed by atoms with Crippen LogP contribution in [0.4, 0.5) is 5.69 Å². The molecule has 0 aromatic heterocycles. The van der Waals surface area contributed by atoms with E-state index < -0.39 is 0 Å². The molecule has 0 atom stereocenters. The molecule has 0 saturated carbocycles. The van der Waals surface area contributed by atoms with Crippen LogP contribution in [0.25, 0.3) is 0 Å². The second-order valence-electron chi connectivity index (χ2n) is 4.80. The number of hydrogen-bond donors (Lipinski definition) is 1. The van der Waals surface area contributed by atoms with Crippen LogP contribution in [0, 0.1) is 6.92 Å². The standard InChI is InChI=1S/C17H19NO2/c1-3-13-5-7-14(8-6-13)16(19)11-20-17-9-4-12(2)10-15(17)18/h4-10H,3,11,18H2,1-2H3. The molecular formula is C17H19NO2. The Morgan fingerprint density at radius 2 is 1.85 bits per heavy atom. The van der Waals surface area contributed by atoms with Gasteiger partial charge in [-0.3, -0.25) is 4.79 Å². The lowest BCUT2D eigenvalue weighted by Crippen LogP contribution is -2.12. The zero-order valence-electron chi connectivity index (χ0n) is 11.8. The molecule has 0 heterocycles. The molecule has 2 rings (SSSR count). The van der Waals surface area contributed by atoms with Crippen LogP contribution in [0.15, 0.2) is 42.5 Å². The van der Waals surface area contributed by atoms with Gasteiger partial charge in [0.1, 0.15) is 5.75 Å². The van der Waals surface area contributed by atoms with Gasteiger partial charge in [-0.05, 0) is 36.6 Å². The van der Waals surface area contributed by atoms with E-state index in [1.807, 2.05) is 43.3 Å². The summed E-state index contributed by atoms with van der Waals surface area (Å²) in [5.41, 5.74) is 9.34. The van der Waals surface area contributed by atoms with Gasteiger partial charge in [-0.25, -0.2) is 0 Å². The molecule has 0 bridgehead atoms. The summed E-state index contributed by atoms with van der Waals surface area (Å²) in [6, 6.07) is 13.1. The van der Waals surface area contributed by atoms with Gasteiger partial charge in [0.15, 0.2) is 12.4 Å². The molecule has 3 nitrogen and oxygen atoms in total. The van der Waals surface area contributed by atoms with Crippen LogP contribution < -0.4 is 10.5 Å². The molecule has 0 unspecified atom stereocenters. The third-order valence-corrected chi connectivity index (χ3v) is 3.21. The van der Waals surface area contributed by atoms with Crippen LogP contribution in [0.5, 0.6) is 5.75 Å². The number of rotatable bonds is 5. The number of benzene rings is 2. The lowest BCUT2D eigenvalue weighted by Gasteiger charge is -2.09. The second-order valence-corrected chi connectivity index (χ2v) is 4.80. The van der Waals surface area contributed by atoms with Gasteiger partial charge in [-0.2, -0.15) is 0 Å². The van der Waals surface area contributed by atoms with E-state index in [0.717, 1.165) is 12.0 Å². The van der Waals surface area contributed by atoms with Gasteiger partial charge >= 0.3 is 0 Å². The van der Waals surface area contributed by atoms with E-state index in [4.69, 9.17) is 10.5 Å². The van der Waals surface area contributed by atoms with E-state index in [-0.39, 0.29) is 12.4 Å². The Labute approximate surface area is 119 Å². The normalized spacial score (nSPS) is 10.3. The van der Waals surface area contributed by atoms with Crippen molar-refractivity contribution in [2.45, 2.75) is 20.3 Å². The number of carbonyl (C=O) groups is 1. The van der Waals surface area contributed by atoms with Gasteiger partial charge in [-0.15, -0.1) is 0 Å². The molecule has 0 aliphatic rings. The van der Waals surface area contributed by atoms with E-state index in [0.29, 0.717) is 17.0 Å². The number of Topliss-reactive ketones (excluding diaryl/α,β-unsaturated/α-hetero) is 1. The zero-order valence-corrected chi connectivity index (χ0v) is 11.8. The number of ketones is 1. The molecule has 2 aromatic carbocycles. The van der Waals surface area contributed by atoms with Crippen LogP contribution in [0.2, 0.25) is 0 Å². The first-order chi connectivity index (χ1) is 9.60. The third kappa shape index (κ3) is 3.38. The van der Waals surface area contributed by atoms with Crippen molar-refractivity contribution in [3.8, 4) is 5.75 Å². The van der Waals surface area contributed by atoms with Crippen LogP contribution in [0.3, 0.4) is 0 Å². The molecule has 0 aliphatic heterocycles. The molecule has 104 valence electrons. The van der Waals surface area contributed by atoms with Crippen LogP contribution in [0.1, 0.15) is 28.4 Å². The molecule has 2 aromatic rings. The van der Waals surface area contributed by atoms with Crippen molar-refractivity contribution >= 4 is 11.5 Å². The highest BCUT2D eigenvalue weighted by molar-refractivity contribution is 5.97. The first-order valence-electron chi connectivity index (χ1n) is 6.71. The second kappa shape index (κ2) is 6.24. The Balaban J connectivity index is 2.00. The van der Waals surface area contributed by atoms with Crippen LogP contribution in [-0.2, 0) is 6.42 Å². The molecular weight excluding hydrogens is 250 g/mol. The first-order valence-corrected chi connectivity index (χ1v) is 6.71. The predicted octanol–water partition coefficient (Wildman–Crippen LogP) is 3.40. The van der Waals surface area contributed by atoms with Gasteiger partial charge in [0, 0.05) is 5.56 Å². The molecule has 0 radical (unpaired) electrons. The summed E-state index contributed by atoms with van der Waals surface area (Å²) < 4.78 is 5.49. The summed E-state index contributed by atoms with van der Waals surface area (Å²) in [7, 11) is 0. The SMILES string of the molecule is CCc1ccc(C(=O)COc2ccc(C)cc2N)cc1. The maximum absolute atomic E-state index is 12.0. The number of nitrogen functional groups attached to an aromatic ring is 1. The third-order valence-electron chi connectivity index (χ3n) is 3.21. The maximum Gasteiger partial charge on any atom is 0.200 e. The van der Waals surface area contributed by atoms with Gasteiger partial charge in [0.05, 0.1) is 5.69 Å². The molecule has 3 heteroatoms. The summed E-state index contributed by atoms with van der Waals surface area (Å²) in [4.78, 5) is 12.0.